The second-order valence-electron chi connectivity index (χ2n) is 6.84. The van der Waals surface area contributed by atoms with Crippen LogP contribution in [0.3, 0.4) is 0 Å². The third kappa shape index (κ3) is 3.04. The lowest BCUT2D eigenvalue weighted by Crippen LogP contribution is -2.10. The van der Waals surface area contributed by atoms with Crippen molar-refractivity contribution in [2.75, 3.05) is 5.32 Å². The molecule has 27 heavy (non-hydrogen) atoms. The number of aryl methyl sites for hydroxylation is 2. The van der Waals surface area contributed by atoms with Gasteiger partial charge in [0.25, 0.3) is 5.91 Å². The quantitative estimate of drug-likeness (QED) is 0.526. The predicted molar refractivity (Wildman–Crippen MR) is 110 cm³/mol. The van der Waals surface area contributed by atoms with E-state index in [1.807, 2.05) is 54.6 Å². The van der Waals surface area contributed by atoms with Crippen LogP contribution in [0.2, 0.25) is 0 Å². The summed E-state index contributed by atoms with van der Waals surface area (Å²) in [4.78, 5) is 18.4. The average Bonchev–Trinajstić information content (AvgIpc) is 3.32. The highest BCUT2D eigenvalue weighted by molar-refractivity contribution is 7.20. The smallest absolute Gasteiger partial charge is 0.265 e. The standard InChI is InChI=1S/C22H19N3OS/c26-22(20-13-15-7-1-4-10-19(15)27-20)24-17-9-3-2-8-16(17)18-14-25-12-6-5-11-21(25)23-18/h1-4,7-10,13-14H,5-6,11-12H2,(H,24,26). The number of anilines is 1. The highest BCUT2D eigenvalue weighted by Crippen LogP contribution is 2.31. The van der Waals surface area contributed by atoms with Gasteiger partial charge in [0.1, 0.15) is 5.82 Å². The van der Waals surface area contributed by atoms with Crippen molar-refractivity contribution < 1.29 is 4.79 Å². The van der Waals surface area contributed by atoms with Gasteiger partial charge in [-0.15, -0.1) is 11.3 Å². The number of nitrogens with zero attached hydrogens (tertiary/aromatic N) is 2. The molecular formula is C22H19N3OS. The summed E-state index contributed by atoms with van der Waals surface area (Å²) >= 11 is 1.52. The molecule has 5 heteroatoms. The first-order valence-corrected chi connectivity index (χ1v) is 10.0. The van der Waals surface area contributed by atoms with Crippen molar-refractivity contribution >= 4 is 33.0 Å². The fourth-order valence-electron chi connectivity index (χ4n) is 3.64. The van der Waals surface area contributed by atoms with E-state index in [9.17, 15) is 4.79 Å². The third-order valence-electron chi connectivity index (χ3n) is 5.01. The molecule has 0 spiro atoms. The SMILES string of the molecule is O=C(Nc1ccccc1-c1cn2c(n1)CCCC2)c1cc2ccccc2s1. The Balaban J connectivity index is 1.47. The van der Waals surface area contributed by atoms with Crippen LogP contribution in [-0.4, -0.2) is 15.5 Å². The number of imidazole rings is 1. The first kappa shape index (κ1) is 16.3. The van der Waals surface area contributed by atoms with E-state index >= 15 is 0 Å². The van der Waals surface area contributed by atoms with Crippen LogP contribution in [0, 0.1) is 0 Å². The normalized spacial score (nSPS) is 13.5. The van der Waals surface area contributed by atoms with Crippen molar-refractivity contribution in [2.24, 2.45) is 0 Å². The number of para-hydroxylation sites is 1. The maximum absolute atomic E-state index is 12.8. The Morgan fingerprint density at radius 2 is 1.93 bits per heavy atom. The third-order valence-corrected chi connectivity index (χ3v) is 6.12. The number of amides is 1. The molecule has 0 fully saturated rings. The summed E-state index contributed by atoms with van der Waals surface area (Å²) in [6.45, 7) is 1.03. The lowest BCUT2D eigenvalue weighted by molar-refractivity contribution is 0.103. The van der Waals surface area contributed by atoms with Gasteiger partial charge in [0.2, 0.25) is 0 Å². The zero-order valence-electron chi connectivity index (χ0n) is 14.8. The number of carbonyl (C=O) groups is 1. The van der Waals surface area contributed by atoms with Crippen molar-refractivity contribution in [3.05, 3.63) is 71.5 Å². The first-order chi connectivity index (χ1) is 13.3. The largest absolute Gasteiger partial charge is 0.334 e. The Bertz CT molecular complexity index is 1080. The number of nitrogens with one attached hydrogen (secondary N) is 1. The molecular weight excluding hydrogens is 354 g/mol. The zero-order chi connectivity index (χ0) is 18.2. The minimum absolute atomic E-state index is 0.0763. The second kappa shape index (κ2) is 6.67. The molecule has 0 radical (unpaired) electrons. The van der Waals surface area contributed by atoms with Crippen molar-refractivity contribution in [1.29, 1.82) is 0 Å². The molecule has 0 bridgehead atoms. The van der Waals surface area contributed by atoms with Crippen LogP contribution >= 0.6 is 11.3 Å². The molecule has 1 amide bonds. The Morgan fingerprint density at radius 1 is 1.07 bits per heavy atom. The maximum atomic E-state index is 12.8. The van der Waals surface area contributed by atoms with Crippen molar-refractivity contribution in [2.45, 2.75) is 25.8 Å². The number of benzene rings is 2. The number of fused-ring (bicyclic) bond motifs is 2. The van der Waals surface area contributed by atoms with Gasteiger partial charge in [-0.05, 0) is 36.4 Å². The Morgan fingerprint density at radius 3 is 2.81 bits per heavy atom. The highest BCUT2D eigenvalue weighted by Gasteiger charge is 2.17. The zero-order valence-corrected chi connectivity index (χ0v) is 15.6. The Kier molecular flexibility index (Phi) is 4.02. The number of aromatic nitrogens is 2. The minimum atomic E-state index is -0.0763. The highest BCUT2D eigenvalue weighted by atomic mass is 32.1. The minimum Gasteiger partial charge on any atom is -0.334 e. The van der Waals surface area contributed by atoms with Crippen molar-refractivity contribution in [3.8, 4) is 11.3 Å². The topological polar surface area (TPSA) is 46.9 Å². The van der Waals surface area contributed by atoms with E-state index in [1.54, 1.807) is 0 Å². The van der Waals surface area contributed by atoms with Crippen LogP contribution in [-0.2, 0) is 13.0 Å². The summed E-state index contributed by atoms with van der Waals surface area (Å²) in [7, 11) is 0. The van der Waals surface area contributed by atoms with Crippen LogP contribution in [0.4, 0.5) is 5.69 Å². The summed E-state index contributed by atoms with van der Waals surface area (Å²) in [5, 5.41) is 4.19. The first-order valence-electron chi connectivity index (χ1n) is 9.23. The fraction of sp³-hybridized carbons (Fsp3) is 0.182. The molecule has 3 heterocycles. The lowest BCUT2D eigenvalue weighted by atomic mass is 10.1. The summed E-state index contributed by atoms with van der Waals surface area (Å²) < 4.78 is 3.36. The van der Waals surface area contributed by atoms with Gasteiger partial charge in [0.15, 0.2) is 0 Å². The van der Waals surface area contributed by atoms with Gasteiger partial charge < -0.3 is 9.88 Å². The number of carbonyl (C=O) groups excluding carboxylic acids is 1. The van der Waals surface area contributed by atoms with Crippen LogP contribution in [0.1, 0.15) is 28.3 Å². The van der Waals surface area contributed by atoms with Gasteiger partial charge in [0, 0.05) is 29.4 Å². The molecule has 0 atom stereocenters. The molecule has 1 aliphatic heterocycles. The second-order valence-corrected chi connectivity index (χ2v) is 7.92. The number of thiophene rings is 1. The predicted octanol–water partition coefficient (Wildman–Crippen LogP) is 5.35. The average molecular weight is 373 g/mol. The maximum Gasteiger partial charge on any atom is 0.265 e. The van der Waals surface area contributed by atoms with Gasteiger partial charge in [0.05, 0.1) is 16.3 Å². The van der Waals surface area contributed by atoms with Gasteiger partial charge in [-0.1, -0.05) is 36.4 Å². The molecule has 0 unspecified atom stereocenters. The van der Waals surface area contributed by atoms with E-state index in [2.05, 4.69) is 16.1 Å². The molecule has 134 valence electrons. The van der Waals surface area contributed by atoms with Gasteiger partial charge in [-0.2, -0.15) is 0 Å². The molecule has 1 aliphatic rings. The van der Waals surface area contributed by atoms with Crippen LogP contribution in [0.25, 0.3) is 21.3 Å². The number of hydrogen-bond acceptors (Lipinski definition) is 3. The molecule has 4 nitrogen and oxygen atoms in total. The molecule has 2 aromatic carbocycles. The summed E-state index contributed by atoms with van der Waals surface area (Å²) in [5.41, 5.74) is 2.70. The van der Waals surface area contributed by atoms with E-state index in [1.165, 1.54) is 24.2 Å². The summed E-state index contributed by atoms with van der Waals surface area (Å²) in [5.74, 6) is 1.06. The Labute approximate surface area is 161 Å². The van der Waals surface area contributed by atoms with E-state index < -0.39 is 0 Å². The molecule has 5 rings (SSSR count). The van der Waals surface area contributed by atoms with Crippen molar-refractivity contribution in [3.63, 3.8) is 0 Å². The van der Waals surface area contributed by atoms with Gasteiger partial charge >= 0.3 is 0 Å². The monoisotopic (exact) mass is 373 g/mol. The van der Waals surface area contributed by atoms with Crippen LogP contribution in [0.15, 0.2) is 60.8 Å². The lowest BCUT2D eigenvalue weighted by Gasteiger charge is -2.11. The summed E-state index contributed by atoms with van der Waals surface area (Å²) in [6, 6.07) is 17.9. The number of rotatable bonds is 3. The van der Waals surface area contributed by atoms with Gasteiger partial charge in [-0.25, -0.2) is 4.98 Å². The summed E-state index contributed by atoms with van der Waals surface area (Å²) in [6.07, 6.45) is 5.53. The van der Waals surface area contributed by atoms with E-state index in [0.29, 0.717) is 0 Å². The van der Waals surface area contributed by atoms with E-state index in [0.717, 1.165) is 50.7 Å². The number of hydrogen-bond donors (Lipinski definition) is 1. The van der Waals surface area contributed by atoms with Crippen molar-refractivity contribution in [1.82, 2.24) is 9.55 Å². The fourth-order valence-corrected chi connectivity index (χ4v) is 4.59. The Hall–Kier alpha value is -2.92. The molecule has 0 saturated heterocycles. The molecule has 0 aliphatic carbocycles. The van der Waals surface area contributed by atoms with E-state index in [4.69, 9.17) is 4.98 Å². The molecule has 1 N–H and O–H groups in total. The van der Waals surface area contributed by atoms with Crippen LogP contribution < -0.4 is 5.32 Å². The van der Waals surface area contributed by atoms with E-state index in [-0.39, 0.29) is 5.91 Å². The van der Waals surface area contributed by atoms with Gasteiger partial charge in [-0.3, -0.25) is 4.79 Å². The molecule has 2 aromatic heterocycles. The molecule has 0 saturated carbocycles. The molecule has 4 aromatic rings. The van der Waals surface area contributed by atoms with Crippen LogP contribution in [0.5, 0.6) is 0 Å².